The number of benzene rings is 1. The highest BCUT2D eigenvalue weighted by molar-refractivity contribution is 7.08. The maximum Gasteiger partial charge on any atom is 0.417 e. The van der Waals surface area contributed by atoms with Gasteiger partial charge in [0, 0.05) is 10.9 Å². The summed E-state index contributed by atoms with van der Waals surface area (Å²) in [7, 11) is 0. The number of thiophene rings is 1. The van der Waals surface area contributed by atoms with E-state index in [0.29, 0.717) is 11.3 Å². The Morgan fingerprint density at radius 2 is 1.88 bits per heavy atom. The fourth-order valence-electron chi connectivity index (χ4n) is 1.43. The van der Waals surface area contributed by atoms with Gasteiger partial charge in [0.05, 0.1) is 16.3 Å². The Hall–Kier alpha value is -1.20. The smallest absolute Gasteiger partial charge is 0.398 e. The molecule has 1 aromatic carbocycles. The van der Waals surface area contributed by atoms with Gasteiger partial charge >= 0.3 is 6.18 Å². The quantitative estimate of drug-likeness (QED) is 0.753. The first kappa shape index (κ1) is 12.3. The van der Waals surface area contributed by atoms with Gasteiger partial charge in [-0.2, -0.15) is 24.5 Å². The minimum atomic E-state index is -4.36. The van der Waals surface area contributed by atoms with E-state index in [4.69, 9.17) is 17.3 Å². The molecule has 0 saturated carbocycles. The standard InChI is InChI=1S/C11H7ClF3NS/c12-9-3-6(1-2-10(9)16)7-4-17-5-8(7)11(13,14)15/h1-5H,16H2. The Labute approximate surface area is 105 Å². The summed E-state index contributed by atoms with van der Waals surface area (Å²) in [5.41, 5.74) is 5.75. The molecule has 0 amide bonds. The molecule has 0 saturated heterocycles. The van der Waals surface area contributed by atoms with Crippen molar-refractivity contribution in [1.29, 1.82) is 0 Å². The summed E-state index contributed by atoms with van der Waals surface area (Å²) in [6, 6.07) is 4.46. The molecule has 0 fully saturated rings. The summed E-state index contributed by atoms with van der Waals surface area (Å²) >= 11 is 6.80. The van der Waals surface area contributed by atoms with Crippen LogP contribution in [0.1, 0.15) is 5.56 Å². The summed E-state index contributed by atoms with van der Waals surface area (Å²) in [6.45, 7) is 0. The van der Waals surface area contributed by atoms with Crippen LogP contribution in [0.5, 0.6) is 0 Å². The number of nitrogen functional groups attached to an aromatic ring is 1. The van der Waals surface area contributed by atoms with Crippen molar-refractivity contribution in [2.75, 3.05) is 5.73 Å². The minimum Gasteiger partial charge on any atom is -0.398 e. The number of rotatable bonds is 1. The van der Waals surface area contributed by atoms with E-state index >= 15 is 0 Å². The first-order valence-corrected chi connectivity index (χ1v) is 5.90. The highest BCUT2D eigenvalue weighted by Crippen LogP contribution is 2.40. The lowest BCUT2D eigenvalue weighted by molar-refractivity contribution is -0.136. The number of hydrogen-bond donors (Lipinski definition) is 1. The van der Waals surface area contributed by atoms with Gasteiger partial charge in [0.2, 0.25) is 0 Å². The Balaban J connectivity index is 2.54. The molecular formula is C11H7ClF3NS. The summed E-state index contributed by atoms with van der Waals surface area (Å²) < 4.78 is 38.1. The van der Waals surface area contributed by atoms with Crippen molar-refractivity contribution in [3.63, 3.8) is 0 Å². The van der Waals surface area contributed by atoms with Crippen molar-refractivity contribution in [3.05, 3.63) is 39.5 Å². The van der Waals surface area contributed by atoms with Crippen LogP contribution in [0.15, 0.2) is 29.0 Å². The third kappa shape index (κ3) is 2.40. The Kier molecular flexibility index (Phi) is 3.05. The number of hydrogen-bond acceptors (Lipinski definition) is 2. The van der Waals surface area contributed by atoms with Crippen LogP contribution < -0.4 is 5.73 Å². The maximum absolute atomic E-state index is 12.7. The van der Waals surface area contributed by atoms with E-state index in [9.17, 15) is 13.2 Å². The van der Waals surface area contributed by atoms with Crippen molar-refractivity contribution in [2.24, 2.45) is 0 Å². The second kappa shape index (κ2) is 4.23. The topological polar surface area (TPSA) is 26.0 Å². The number of nitrogens with two attached hydrogens (primary N) is 1. The molecule has 1 heterocycles. The van der Waals surface area contributed by atoms with Gasteiger partial charge in [0.15, 0.2) is 0 Å². The molecule has 0 atom stereocenters. The lowest BCUT2D eigenvalue weighted by Crippen LogP contribution is -2.04. The lowest BCUT2D eigenvalue weighted by atomic mass is 10.0. The number of anilines is 1. The maximum atomic E-state index is 12.7. The van der Waals surface area contributed by atoms with E-state index in [2.05, 4.69) is 0 Å². The van der Waals surface area contributed by atoms with Crippen LogP contribution in [-0.2, 0) is 6.18 Å². The van der Waals surface area contributed by atoms with Crippen LogP contribution in [0.25, 0.3) is 11.1 Å². The molecule has 0 aliphatic heterocycles. The SMILES string of the molecule is Nc1ccc(-c2cscc2C(F)(F)F)cc1Cl. The average Bonchev–Trinajstić information content (AvgIpc) is 2.70. The molecular weight excluding hydrogens is 271 g/mol. The van der Waals surface area contributed by atoms with Crippen LogP contribution in [0.2, 0.25) is 5.02 Å². The molecule has 90 valence electrons. The molecule has 2 aromatic rings. The zero-order valence-electron chi connectivity index (χ0n) is 8.38. The molecule has 0 aliphatic carbocycles. The first-order chi connectivity index (χ1) is 7.89. The summed E-state index contributed by atoms with van der Waals surface area (Å²) in [6.07, 6.45) is -4.36. The first-order valence-electron chi connectivity index (χ1n) is 4.58. The second-order valence-corrected chi connectivity index (χ2v) is 4.58. The molecule has 0 radical (unpaired) electrons. The van der Waals surface area contributed by atoms with Gasteiger partial charge in [-0.3, -0.25) is 0 Å². The third-order valence-electron chi connectivity index (χ3n) is 2.28. The third-order valence-corrected chi connectivity index (χ3v) is 3.35. The van der Waals surface area contributed by atoms with Gasteiger partial charge < -0.3 is 5.73 Å². The largest absolute Gasteiger partial charge is 0.417 e. The van der Waals surface area contributed by atoms with Gasteiger partial charge in [0.1, 0.15) is 0 Å². The zero-order valence-corrected chi connectivity index (χ0v) is 9.96. The van der Waals surface area contributed by atoms with Crippen molar-refractivity contribution in [2.45, 2.75) is 6.18 Å². The molecule has 0 spiro atoms. The Bertz CT molecular complexity index is 548. The summed E-state index contributed by atoms with van der Waals surface area (Å²) in [5, 5.41) is 2.78. The molecule has 6 heteroatoms. The van der Waals surface area contributed by atoms with Crippen LogP contribution >= 0.6 is 22.9 Å². The van der Waals surface area contributed by atoms with E-state index in [-0.39, 0.29) is 10.6 Å². The Morgan fingerprint density at radius 1 is 1.18 bits per heavy atom. The zero-order chi connectivity index (χ0) is 12.6. The van der Waals surface area contributed by atoms with Gasteiger partial charge in [-0.15, -0.1) is 0 Å². The monoisotopic (exact) mass is 277 g/mol. The van der Waals surface area contributed by atoms with Gasteiger partial charge in [0.25, 0.3) is 0 Å². The molecule has 0 unspecified atom stereocenters. The van der Waals surface area contributed by atoms with Gasteiger partial charge in [-0.05, 0) is 23.1 Å². The van der Waals surface area contributed by atoms with E-state index < -0.39 is 11.7 Å². The Morgan fingerprint density at radius 3 is 2.47 bits per heavy atom. The molecule has 2 rings (SSSR count). The fraction of sp³-hybridized carbons (Fsp3) is 0.0909. The van der Waals surface area contributed by atoms with E-state index in [1.165, 1.54) is 23.6 Å². The van der Waals surface area contributed by atoms with Crippen LogP contribution in [-0.4, -0.2) is 0 Å². The van der Waals surface area contributed by atoms with Crippen LogP contribution in [0, 0.1) is 0 Å². The minimum absolute atomic E-state index is 0.129. The van der Waals surface area contributed by atoms with E-state index in [1.54, 1.807) is 0 Å². The molecule has 1 aromatic heterocycles. The molecule has 17 heavy (non-hydrogen) atoms. The second-order valence-electron chi connectivity index (χ2n) is 3.43. The van der Waals surface area contributed by atoms with Crippen LogP contribution in [0.4, 0.5) is 18.9 Å². The highest BCUT2D eigenvalue weighted by atomic mass is 35.5. The van der Waals surface area contributed by atoms with Gasteiger partial charge in [-0.25, -0.2) is 0 Å². The number of halogens is 4. The van der Waals surface area contributed by atoms with Gasteiger partial charge in [-0.1, -0.05) is 17.7 Å². The predicted molar refractivity (Wildman–Crippen MR) is 64.2 cm³/mol. The van der Waals surface area contributed by atoms with Crippen LogP contribution in [0.3, 0.4) is 0 Å². The van der Waals surface area contributed by atoms with E-state index in [1.807, 2.05) is 0 Å². The van der Waals surface area contributed by atoms with Crippen molar-refractivity contribution < 1.29 is 13.2 Å². The molecule has 2 N–H and O–H groups in total. The normalized spacial score (nSPS) is 11.8. The molecule has 0 aliphatic rings. The van der Waals surface area contributed by atoms with E-state index in [0.717, 1.165) is 16.7 Å². The summed E-state index contributed by atoms with van der Waals surface area (Å²) in [4.78, 5) is 0. The predicted octanol–water partition coefficient (Wildman–Crippen LogP) is 4.67. The van der Waals surface area contributed by atoms with Crippen molar-refractivity contribution in [1.82, 2.24) is 0 Å². The number of alkyl halides is 3. The fourth-order valence-corrected chi connectivity index (χ4v) is 2.48. The molecule has 1 nitrogen and oxygen atoms in total. The van der Waals surface area contributed by atoms with Crippen molar-refractivity contribution >= 4 is 28.6 Å². The lowest BCUT2D eigenvalue weighted by Gasteiger charge is -2.09. The van der Waals surface area contributed by atoms with Crippen molar-refractivity contribution in [3.8, 4) is 11.1 Å². The molecule has 0 bridgehead atoms. The average molecular weight is 278 g/mol. The highest BCUT2D eigenvalue weighted by Gasteiger charge is 2.34. The summed E-state index contributed by atoms with van der Waals surface area (Å²) in [5.74, 6) is 0.